The van der Waals surface area contributed by atoms with Gasteiger partial charge in [-0.2, -0.15) is 0 Å². The van der Waals surface area contributed by atoms with Crippen LogP contribution >= 0.6 is 0 Å². The minimum absolute atomic E-state index is 0.161. The highest BCUT2D eigenvalue weighted by atomic mass is 16.5. The van der Waals surface area contributed by atoms with E-state index in [9.17, 15) is 19.2 Å². The van der Waals surface area contributed by atoms with Gasteiger partial charge in [-0.3, -0.25) is 10.1 Å². The first-order chi connectivity index (χ1) is 16.0. The van der Waals surface area contributed by atoms with E-state index in [1.165, 1.54) is 23.3 Å². The number of amides is 2. The second kappa shape index (κ2) is 9.60. The summed E-state index contributed by atoms with van der Waals surface area (Å²) < 4.78 is 20.7. The number of likely N-dealkylation sites (tertiary alicyclic amines) is 1. The number of hydrogen-bond acceptors (Lipinski definition) is 8. The van der Waals surface area contributed by atoms with E-state index in [4.69, 9.17) is 18.3 Å². The lowest BCUT2D eigenvalue weighted by atomic mass is 10.1. The van der Waals surface area contributed by atoms with Crippen LogP contribution in [0.5, 0.6) is 0 Å². The van der Waals surface area contributed by atoms with Crippen molar-refractivity contribution in [2.75, 3.05) is 18.5 Å². The lowest BCUT2D eigenvalue weighted by Gasteiger charge is -2.22. The molecule has 4 rings (SSSR count). The second-order valence-electron chi connectivity index (χ2n) is 7.39. The first-order valence-electron chi connectivity index (χ1n) is 10.5. The molecule has 0 bridgehead atoms. The quantitative estimate of drug-likeness (QED) is 0.444. The molecule has 0 saturated carbocycles. The maximum atomic E-state index is 12.8. The summed E-state index contributed by atoms with van der Waals surface area (Å²) in [4.78, 5) is 50.4. The normalized spacial score (nSPS) is 15.4. The Morgan fingerprint density at radius 3 is 2.79 bits per heavy atom. The van der Waals surface area contributed by atoms with Crippen LogP contribution in [0.15, 0.2) is 56.3 Å². The van der Waals surface area contributed by atoms with Crippen LogP contribution in [0.2, 0.25) is 0 Å². The van der Waals surface area contributed by atoms with Crippen molar-refractivity contribution in [2.24, 2.45) is 0 Å². The van der Waals surface area contributed by atoms with Crippen LogP contribution in [-0.2, 0) is 20.9 Å². The number of nitrogens with one attached hydrogen (secondary N) is 1. The average Bonchev–Trinajstić information content (AvgIpc) is 3.49. The van der Waals surface area contributed by atoms with Crippen LogP contribution in [0, 0.1) is 0 Å². The van der Waals surface area contributed by atoms with E-state index in [-0.39, 0.29) is 30.5 Å². The maximum Gasteiger partial charge on any atom is 0.411 e. The third-order valence-corrected chi connectivity index (χ3v) is 5.24. The summed E-state index contributed by atoms with van der Waals surface area (Å²) >= 11 is 0. The van der Waals surface area contributed by atoms with Crippen molar-refractivity contribution in [2.45, 2.75) is 32.4 Å². The Hall–Kier alpha value is -4.08. The number of esters is 1. The van der Waals surface area contributed by atoms with Crippen molar-refractivity contribution in [1.82, 2.24) is 4.90 Å². The molecule has 1 saturated heterocycles. The molecule has 10 nitrogen and oxygen atoms in total. The van der Waals surface area contributed by atoms with E-state index < -0.39 is 23.7 Å². The molecule has 1 aliphatic heterocycles. The Bertz CT molecular complexity index is 1230. The van der Waals surface area contributed by atoms with Gasteiger partial charge in [-0.15, -0.1) is 0 Å². The van der Waals surface area contributed by atoms with Gasteiger partial charge in [0.05, 0.1) is 12.9 Å². The molecule has 1 aliphatic rings. The molecule has 2 aromatic heterocycles. The fourth-order valence-corrected chi connectivity index (χ4v) is 3.75. The van der Waals surface area contributed by atoms with Gasteiger partial charge in [-0.05, 0) is 44.0 Å². The topological polar surface area (TPSA) is 128 Å². The Balaban J connectivity index is 1.48. The molecule has 1 N–H and O–H groups in total. The van der Waals surface area contributed by atoms with Crippen LogP contribution in [0.3, 0.4) is 0 Å². The number of furan rings is 1. The molecule has 2 amide bonds. The fraction of sp³-hybridized carbons (Fsp3) is 0.304. The Morgan fingerprint density at radius 1 is 1.18 bits per heavy atom. The molecule has 3 aromatic rings. The van der Waals surface area contributed by atoms with E-state index in [2.05, 4.69) is 5.32 Å². The summed E-state index contributed by atoms with van der Waals surface area (Å²) in [5.74, 6) is -0.769. The molecule has 3 heterocycles. The number of hydrogen-bond donors (Lipinski definition) is 1. The molecule has 1 unspecified atom stereocenters. The number of anilines is 1. The van der Waals surface area contributed by atoms with Gasteiger partial charge in [-0.1, -0.05) is 0 Å². The Kier molecular flexibility index (Phi) is 6.43. The van der Waals surface area contributed by atoms with Gasteiger partial charge in [-0.25, -0.2) is 14.4 Å². The zero-order valence-electron chi connectivity index (χ0n) is 17.9. The number of benzene rings is 1. The van der Waals surface area contributed by atoms with Gasteiger partial charge in [0.1, 0.15) is 18.2 Å². The molecular weight excluding hydrogens is 432 g/mol. The van der Waals surface area contributed by atoms with Gasteiger partial charge >= 0.3 is 17.7 Å². The standard InChI is InChI=1S/C23H22N2O8/c1-2-30-23(29)24-15-7-8-16-14(11-20(26)33-19(16)12-15)13-32-22(28)17-5-3-9-25(17)21(27)18-6-4-10-31-18/h4,6-8,10-12,17H,2-3,5,9,13H2,1H3,(H,24,29). The summed E-state index contributed by atoms with van der Waals surface area (Å²) in [5, 5.41) is 3.08. The van der Waals surface area contributed by atoms with Gasteiger partial charge in [0, 0.05) is 35.3 Å². The molecule has 0 spiro atoms. The van der Waals surface area contributed by atoms with Crippen LogP contribution in [0.25, 0.3) is 11.0 Å². The summed E-state index contributed by atoms with van der Waals surface area (Å²) in [6.07, 6.45) is 1.91. The predicted octanol–water partition coefficient (Wildman–Crippen LogP) is 3.30. The summed E-state index contributed by atoms with van der Waals surface area (Å²) in [7, 11) is 0. The average molecular weight is 454 g/mol. The van der Waals surface area contributed by atoms with Crippen molar-refractivity contribution < 1.29 is 32.7 Å². The minimum atomic E-state index is -0.727. The monoisotopic (exact) mass is 454 g/mol. The molecule has 1 aromatic carbocycles. The molecule has 1 atom stereocenters. The molecular formula is C23H22N2O8. The van der Waals surface area contributed by atoms with E-state index in [1.807, 2.05) is 0 Å². The lowest BCUT2D eigenvalue weighted by Crippen LogP contribution is -2.41. The SMILES string of the molecule is CCOC(=O)Nc1ccc2c(COC(=O)C3CCCN3C(=O)c3ccco3)cc(=O)oc2c1. The summed E-state index contributed by atoms with van der Waals surface area (Å²) in [5.41, 5.74) is 0.422. The van der Waals surface area contributed by atoms with Crippen LogP contribution < -0.4 is 10.9 Å². The Labute approximate surface area is 188 Å². The lowest BCUT2D eigenvalue weighted by molar-refractivity contribution is -0.149. The zero-order chi connectivity index (χ0) is 23.4. The number of carbonyl (C=O) groups excluding carboxylic acids is 3. The highest BCUT2D eigenvalue weighted by Gasteiger charge is 2.36. The van der Waals surface area contributed by atoms with Crippen molar-refractivity contribution in [3.05, 3.63) is 64.4 Å². The molecule has 33 heavy (non-hydrogen) atoms. The van der Waals surface area contributed by atoms with Gasteiger partial charge in [0.2, 0.25) is 0 Å². The molecule has 172 valence electrons. The number of nitrogens with zero attached hydrogens (tertiary/aromatic N) is 1. The third-order valence-electron chi connectivity index (χ3n) is 5.24. The van der Waals surface area contributed by atoms with Crippen LogP contribution in [0.1, 0.15) is 35.9 Å². The number of ether oxygens (including phenoxy) is 2. The van der Waals surface area contributed by atoms with E-state index in [0.717, 1.165) is 0 Å². The highest BCUT2D eigenvalue weighted by Crippen LogP contribution is 2.24. The summed E-state index contributed by atoms with van der Waals surface area (Å²) in [6.45, 7) is 2.15. The largest absolute Gasteiger partial charge is 0.459 e. The number of carbonyl (C=O) groups is 3. The van der Waals surface area contributed by atoms with Crippen molar-refractivity contribution >= 4 is 34.6 Å². The Morgan fingerprint density at radius 2 is 2.03 bits per heavy atom. The first-order valence-corrected chi connectivity index (χ1v) is 10.5. The highest BCUT2D eigenvalue weighted by molar-refractivity contribution is 5.95. The summed E-state index contributed by atoms with van der Waals surface area (Å²) in [6, 6.07) is 8.42. The van der Waals surface area contributed by atoms with E-state index in [0.29, 0.717) is 36.0 Å². The van der Waals surface area contributed by atoms with Gasteiger partial charge < -0.3 is 23.2 Å². The van der Waals surface area contributed by atoms with Crippen molar-refractivity contribution in [3.63, 3.8) is 0 Å². The fourth-order valence-electron chi connectivity index (χ4n) is 3.75. The second-order valence-corrected chi connectivity index (χ2v) is 7.39. The van der Waals surface area contributed by atoms with E-state index in [1.54, 1.807) is 31.2 Å². The number of rotatable bonds is 6. The maximum absolute atomic E-state index is 12.8. The third kappa shape index (κ3) is 4.89. The number of fused-ring (bicyclic) bond motifs is 1. The van der Waals surface area contributed by atoms with Crippen LogP contribution in [0.4, 0.5) is 10.5 Å². The predicted molar refractivity (Wildman–Crippen MR) is 116 cm³/mol. The molecule has 10 heteroatoms. The first kappa shape index (κ1) is 22.1. The molecule has 0 aliphatic carbocycles. The van der Waals surface area contributed by atoms with Gasteiger partial charge in [0.15, 0.2) is 5.76 Å². The van der Waals surface area contributed by atoms with Crippen LogP contribution in [-0.4, -0.2) is 42.1 Å². The minimum Gasteiger partial charge on any atom is -0.459 e. The molecule has 0 radical (unpaired) electrons. The smallest absolute Gasteiger partial charge is 0.411 e. The van der Waals surface area contributed by atoms with Crippen molar-refractivity contribution in [3.8, 4) is 0 Å². The van der Waals surface area contributed by atoms with Crippen molar-refractivity contribution in [1.29, 1.82) is 0 Å². The van der Waals surface area contributed by atoms with E-state index >= 15 is 0 Å². The molecule has 1 fully saturated rings. The van der Waals surface area contributed by atoms with Gasteiger partial charge in [0.25, 0.3) is 5.91 Å². The zero-order valence-corrected chi connectivity index (χ0v) is 17.9.